The maximum atomic E-state index is 11.9. The van der Waals surface area contributed by atoms with Gasteiger partial charge in [0.05, 0.1) is 0 Å². The summed E-state index contributed by atoms with van der Waals surface area (Å²) in [4.78, 5) is 23.5. The molecule has 2 amide bonds. The standard InChI is InChI=1S/C18H27N3O2/c1-13(2)18(23)21-16-6-3-14(4-7-16)12-20-17(22)8-5-15-9-10-19-11-15/h3-4,6-7,13,15,19H,5,8-12H2,1-2H3,(H,20,22)(H,21,23). The smallest absolute Gasteiger partial charge is 0.226 e. The lowest BCUT2D eigenvalue weighted by atomic mass is 10.0. The molecule has 1 aromatic carbocycles. The third kappa shape index (κ3) is 6.02. The van der Waals surface area contributed by atoms with E-state index >= 15 is 0 Å². The van der Waals surface area contributed by atoms with Crippen molar-refractivity contribution in [3.63, 3.8) is 0 Å². The zero-order valence-corrected chi connectivity index (χ0v) is 14.0. The van der Waals surface area contributed by atoms with E-state index in [-0.39, 0.29) is 17.7 Å². The average molecular weight is 317 g/mol. The maximum absolute atomic E-state index is 11.9. The van der Waals surface area contributed by atoms with Gasteiger partial charge in [-0.3, -0.25) is 9.59 Å². The van der Waals surface area contributed by atoms with Crippen molar-refractivity contribution >= 4 is 17.5 Å². The van der Waals surface area contributed by atoms with E-state index in [4.69, 9.17) is 0 Å². The van der Waals surface area contributed by atoms with Crippen molar-refractivity contribution in [1.29, 1.82) is 0 Å². The van der Waals surface area contributed by atoms with Gasteiger partial charge in [-0.05, 0) is 49.5 Å². The Morgan fingerprint density at radius 2 is 2.00 bits per heavy atom. The van der Waals surface area contributed by atoms with E-state index < -0.39 is 0 Å². The lowest BCUT2D eigenvalue weighted by molar-refractivity contribution is -0.121. The molecule has 0 aromatic heterocycles. The van der Waals surface area contributed by atoms with Crippen molar-refractivity contribution in [2.45, 2.75) is 39.7 Å². The number of rotatable bonds is 7. The average Bonchev–Trinajstić information content (AvgIpc) is 3.05. The second-order valence-corrected chi connectivity index (χ2v) is 6.52. The molecule has 0 radical (unpaired) electrons. The molecule has 0 saturated carbocycles. The third-order valence-electron chi connectivity index (χ3n) is 4.18. The molecule has 5 nitrogen and oxygen atoms in total. The number of anilines is 1. The number of nitrogens with one attached hydrogen (secondary N) is 3. The van der Waals surface area contributed by atoms with Gasteiger partial charge in [0.25, 0.3) is 0 Å². The number of carbonyl (C=O) groups excluding carboxylic acids is 2. The Morgan fingerprint density at radius 1 is 1.26 bits per heavy atom. The van der Waals surface area contributed by atoms with E-state index in [1.165, 1.54) is 6.42 Å². The van der Waals surface area contributed by atoms with E-state index in [0.29, 0.717) is 18.9 Å². The molecule has 0 spiro atoms. The first-order valence-electron chi connectivity index (χ1n) is 8.42. The van der Waals surface area contributed by atoms with Crippen LogP contribution in [0.2, 0.25) is 0 Å². The molecule has 0 aliphatic carbocycles. The van der Waals surface area contributed by atoms with Crippen LogP contribution in [0.3, 0.4) is 0 Å². The van der Waals surface area contributed by atoms with Crippen LogP contribution in [-0.2, 0) is 16.1 Å². The van der Waals surface area contributed by atoms with E-state index in [9.17, 15) is 9.59 Å². The first-order chi connectivity index (χ1) is 11.0. The normalized spacial score (nSPS) is 17.3. The number of carbonyl (C=O) groups is 2. The molecule has 3 N–H and O–H groups in total. The van der Waals surface area contributed by atoms with Gasteiger partial charge in [0.15, 0.2) is 0 Å². The molecule has 1 aromatic rings. The fraction of sp³-hybridized carbons (Fsp3) is 0.556. The van der Waals surface area contributed by atoms with Crippen LogP contribution in [0.25, 0.3) is 0 Å². The molecule has 1 unspecified atom stereocenters. The van der Waals surface area contributed by atoms with Crippen LogP contribution in [0.4, 0.5) is 5.69 Å². The highest BCUT2D eigenvalue weighted by Gasteiger charge is 2.15. The molecular weight excluding hydrogens is 290 g/mol. The predicted molar refractivity (Wildman–Crippen MR) is 92.0 cm³/mol. The third-order valence-corrected chi connectivity index (χ3v) is 4.18. The summed E-state index contributed by atoms with van der Waals surface area (Å²) < 4.78 is 0. The summed E-state index contributed by atoms with van der Waals surface area (Å²) >= 11 is 0. The zero-order chi connectivity index (χ0) is 16.7. The molecule has 2 rings (SSSR count). The van der Waals surface area contributed by atoms with Gasteiger partial charge in [-0.2, -0.15) is 0 Å². The topological polar surface area (TPSA) is 70.2 Å². The van der Waals surface area contributed by atoms with E-state index in [1.54, 1.807) is 0 Å². The van der Waals surface area contributed by atoms with Crippen LogP contribution in [0.15, 0.2) is 24.3 Å². The van der Waals surface area contributed by atoms with Gasteiger partial charge in [0.1, 0.15) is 0 Å². The van der Waals surface area contributed by atoms with Crippen LogP contribution in [0.5, 0.6) is 0 Å². The Kier molecular flexibility index (Phi) is 6.59. The number of benzene rings is 1. The van der Waals surface area contributed by atoms with Crippen molar-refractivity contribution in [3.8, 4) is 0 Å². The lowest BCUT2D eigenvalue weighted by Gasteiger charge is -2.10. The van der Waals surface area contributed by atoms with Crippen molar-refractivity contribution < 1.29 is 9.59 Å². The summed E-state index contributed by atoms with van der Waals surface area (Å²) in [6.45, 7) is 6.37. The molecule has 126 valence electrons. The number of hydrogen-bond donors (Lipinski definition) is 3. The Bertz CT molecular complexity index is 520. The van der Waals surface area contributed by atoms with E-state index in [1.807, 2.05) is 38.1 Å². The van der Waals surface area contributed by atoms with Crippen molar-refractivity contribution in [2.75, 3.05) is 18.4 Å². The van der Waals surface area contributed by atoms with Crippen molar-refractivity contribution in [1.82, 2.24) is 10.6 Å². The summed E-state index contributed by atoms with van der Waals surface area (Å²) in [6, 6.07) is 7.59. The van der Waals surface area contributed by atoms with Crippen LogP contribution in [0, 0.1) is 11.8 Å². The maximum Gasteiger partial charge on any atom is 0.226 e. The van der Waals surface area contributed by atoms with Crippen LogP contribution in [-0.4, -0.2) is 24.9 Å². The highest BCUT2D eigenvalue weighted by Crippen LogP contribution is 2.14. The molecule has 0 bridgehead atoms. The summed E-state index contributed by atoms with van der Waals surface area (Å²) in [5, 5.41) is 9.13. The first kappa shape index (κ1) is 17.5. The van der Waals surface area contributed by atoms with Gasteiger partial charge in [-0.25, -0.2) is 0 Å². The monoisotopic (exact) mass is 317 g/mol. The quantitative estimate of drug-likeness (QED) is 0.722. The number of amides is 2. The Balaban J connectivity index is 1.70. The molecule has 1 heterocycles. The summed E-state index contributed by atoms with van der Waals surface area (Å²) in [5.74, 6) is 0.718. The first-order valence-corrected chi connectivity index (χ1v) is 8.42. The highest BCUT2D eigenvalue weighted by molar-refractivity contribution is 5.92. The Morgan fingerprint density at radius 3 is 2.61 bits per heavy atom. The minimum absolute atomic E-state index is 0.00690. The SMILES string of the molecule is CC(C)C(=O)Nc1ccc(CNC(=O)CCC2CCNC2)cc1. The molecule has 1 fully saturated rings. The summed E-state index contributed by atoms with van der Waals surface area (Å²) in [7, 11) is 0. The fourth-order valence-electron chi connectivity index (χ4n) is 2.58. The van der Waals surface area contributed by atoms with E-state index in [0.717, 1.165) is 30.8 Å². The Labute approximate surface area is 138 Å². The van der Waals surface area contributed by atoms with Crippen LogP contribution < -0.4 is 16.0 Å². The Hall–Kier alpha value is -1.88. The summed E-state index contributed by atoms with van der Waals surface area (Å²) in [6.07, 6.45) is 2.73. The van der Waals surface area contributed by atoms with Gasteiger partial charge in [-0.15, -0.1) is 0 Å². The molecule has 23 heavy (non-hydrogen) atoms. The van der Waals surface area contributed by atoms with Gasteiger partial charge >= 0.3 is 0 Å². The highest BCUT2D eigenvalue weighted by atomic mass is 16.2. The lowest BCUT2D eigenvalue weighted by Crippen LogP contribution is -2.23. The fourth-order valence-corrected chi connectivity index (χ4v) is 2.58. The van der Waals surface area contributed by atoms with E-state index in [2.05, 4.69) is 16.0 Å². The number of hydrogen-bond acceptors (Lipinski definition) is 3. The van der Waals surface area contributed by atoms with Crippen molar-refractivity contribution in [3.05, 3.63) is 29.8 Å². The largest absolute Gasteiger partial charge is 0.352 e. The predicted octanol–water partition coefficient (Wildman–Crippen LogP) is 2.29. The van der Waals surface area contributed by atoms with Crippen molar-refractivity contribution in [2.24, 2.45) is 11.8 Å². The molecule has 1 aliphatic heterocycles. The minimum Gasteiger partial charge on any atom is -0.352 e. The summed E-state index contributed by atoms with van der Waals surface area (Å²) in [5.41, 5.74) is 1.82. The minimum atomic E-state index is -0.0379. The second-order valence-electron chi connectivity index (χ2n) is 6.52. The molecule has 5 heteroatoms. The second kappa shape index (κ2) is 8.67. The molecule has 1 atom stereocenters. The van der Waals surface area contributed by atoms with Gasteiger partial charge in [0.2, 0.25) is 11.8 Å². The van der Waals surface area contributed by atoms with Gasteiger partial charge in [-0.1, -0.05) is 26.0 Å². The van der Waals surface area contributed by atoms with Crippen LogP contribution in [0.1, 0.15) is 38.7 Å². The van der Waals surface area contributed by atoms with Gasteiger partial charge in [0, 0.05) is 24.6 Å². The molecular formula is C18H27N3O2. The van der Waals surface area contributed by atoms with Gasteiger partial charge < -0.3 is 16.0 Å². The zero-order valence-electron chi connectivity index (χ0n) is 14.0. The molecule has 1 saturated heterocycles. The van der Waals surface area contributed by atoms with Crippen LogP contribution >= 0.6 is 0 Å². The molecule has 1 aliphatic rings.